The summed E-state index contributed by atoms with van der Waals surface area (Å²) in [7, 11) is 0. The molecule has 4 heteroatoms. The van der Waals surface area contributed by atoms with Gasteiger partial charge in [0.2, 0.25) is 0 Å². The third-order valence-corrected chi connectivity index (χ3v) is 2.57. The Morgan fingerprint density at radius 2 is 2.00 bits per heavy atom. The number of unbranched alkanes of at least 4 members (excludes halogenated alkanes) is 2. The maximum Gasteiger partial charge on any atom is 0.157 e. The maximum absolute atomic E-state index is 8.99. The van der Waals surface area contributed by atoms with E-state index in [-0.39, 0.29) is 18.1 Å². The fourth-order valence-electron chi connectivity index (χ4n) is 1.59. The van der Waals surface area contributed by atoms with Crippen LogP contribution in [-0.2, 0) is 9.47 Å². The molecule has 0 radical (unpaired) electrons. The van der Waals surface area contributed by atoms with Crippen molar-refractivity contribution >= 4 is 0 Å². The van der Waals surface area contributed by atoms with E-state index in [1.165, 1.54) is 0 Å². The van der Waals surface area contributed by atoms with E-state index in [2.05, 4.69) is 6.58 Å². The Morgan fingerprint density at radius 1 is 1.33 bits per heavy atom. The van der Waals surface area contributed by atoms with Gasteiger partial charge in [-0.3, -0.25) is 0 Å². The van der Waals surface area contributed by atoms with Crippen molar-refractivity contribution in [2.24, 2.45) is 5.73 Å². The van der Waals surface area contributed by atoms with Crippen LogP contribution in [0.3, 0.4) is 0 Å². The normalized spacial score (nSPS) is 19.3. The Morgan fingerprint density at radius 3 is 2.60 bits per heavy atom. The first kappa shape index (κ1) is 12.5. The van der Waals surface area contributed by atoms with Crippen molar-refractivity contribution in [3.8, 4) is 0 Å². The van der Waals surface area contributed by atoms with Crippen LogP contribution < -0.4 is 5.73 Å². The van der Waals surface area contributed by atoms with Crippen molar-refractivity contribution in [3.63, 3.8) is 0 Å². The number of hydrogen-bond donors (Lipinski definition) is 2. The summed E-state index contributed by atoms with van der Waals surface area (Å²) in [4.78, 5) is 0. The maximum atomic E-state index is 8.99. The number of rotatable bonds is 7. The van der Waals surface area contributed by atoms with Gasteiger partial charge in [-0.15, -0.1) is 0 Å². The molecule has 1 aliphatic rings. The quantitative estimate of drug-likeness (QED) is 0.501. The zero-order valence-electron chi connectivity index (χ0n) is 9.15. The summed E-state index contributed by atoms with van der Waals surface area (Å²) in [5.41, 5.74) is 5.62. The number of ether oxygens (including phenoxy) is 2. The van der Waals surface area contributed by atoms with E-state index in [9.17, 15) is 0 Å². The van der Waals surface area contributed by atoms with Crippen molar-refractivity contribution in [1.29, 1.82) is 0 Å². The molecular formula is C11H21NO3. The van der Waals surface area contributed by atoms with Crippen molar-refractivity contribution in [1.82, 2.24) is 0 Å². The molecular weight excluding hydrogens is 194 g/mol. The van der Waals surface area contributed by atoms with Crippen molar-refractivity contribution < 1.29 is 14.6 Å². The van der Waals surface area contributed by atoms with Crippen LogP contribution in [0.1, 0.15) is 32.1 Å². The van der Waals surface area contributed by atoms with Crippen LogP contribution in [0.2, 0.25) is 0 Å². The van der Waals surface area contributed by atoms with E-state index < -0.39 is 0 Å². The summed E-state index contributed by atoms with van der Waals surface area (Å²) >= 11 is 0. The molecule has 1 aliphatic heterocycles. The second-order valence-corrected chi connectivity index (χ2v) is 3.91. The van der Waals surface area contributed by atoms with Gasteiger partial charge < -0.3 is 20.3 Å². The van der Waals surface area contributed by atoms with Crippen molar-refractivity contribution in [2.75, 3.05) is 13.2 Å². The fourth-order valence-corrected chi connectivity index (χ4v) is 1.59. The highest BCUT2D eigenvalue weighted by atomic mass is 16.7. The Hall–Kier alpha value is -0.580. The van der Waals surface area contributed by atoms with Crippen LogP contribution in [0.4, 0.5) is 0 Å². The lowest BCUT2D eigenvalue weighted by atomic mass is 10.1. The lowest BCUT2D eigenvalue weighted by Gasteiger charge is -2.10. The molecule has 0 aliphatic carbocycles. The van der Waals surface area contributed by atoms with Gasteiger partial charge in [-0.2, -0.15) is 0 Å². The van der Waals surface area contributed by atoms with Gasteiger partial charge in [0.1, 0.15) is 5.76 Å². The molecule has 1 unspecified atom stereocenters. The monoisotopic (exact) mass is 215 g/mol. The molecule has 0 aromatic carbocycles. The molecule has 0 aromatic heterocycles. The molecule has 1 atom stereocenters. The molecule has 3 N–H and O–H groups in total. The summed E-state index contributed by atoms with van der Waals surface area (Å²) < 4.78 is 10.6. The zero-order chi connectivity index (χ0) is 11.1. The lowest BCUT2D eigenvalue weighted by molar-refractivity contribution is -0.0480. The van der Waals surface area contributed by atoms with Gasteiger partial charge in [-0.1, -0.05) is 19.4 Å². The molecule has 1 rings (SSSR count). The predicted molar refractivity (Wildman–Crippen MR) is 58.5 cm³/mol. The van der Waals surface area contributed by atoms with Gasteiger partial charge >= 0.3 is 0 Å². The van der Waals surface area contributed by atoms with Crippen LogP contribution >= 0.6 is 0 Å². The third kappa shape index (κ3) is 5.16. The molecule has 0 amide bonds. The van der Waals surface area contributed by atoms with E-state index in [1.54, 1.807) is 0 Å². The van der Waals surface area contributed by atoms with E-state index in [1.807, 2.05) is 0 Å². The van der Waals surface area contributed by atoms with Gasteiger partial charge in [-0.25, -0.2) is 0 Å². The number of aliphatic hydroxyl groups excluding tert-OH is 1. The Labute approximate surface area is 91.1 Å². The average molecular weight is 215 g/mol. The molecule has 0 spiro atoms. The van der Waals surface area contributed by atoms with Crippen LogP contribution in [-0.4, -0.2) is 30.7 Å². The number of nitrogens with two attached hydrogens (primary N) is 1. The Kier molecular flexibility index (Phi) is 5.68. The molecule has 1 saturated heterocycles. The van der Waals surface area contributed by atoms with Gasteiger partial charge in [-0.05, 0) is 19.3 Å². The first-order valence-corrected chi connectivity index (χ1v) is 5.56. The van der Waals surface area contributed by atoms with E-state index in [0.29, 0.717) is 0 Å². The Balaban J connectivity index is 1.90. The molecule has 4 nitrogen and oxygen atoms in total. The van der Waals surface area contributed by atoms with Crippen molar-refractivity contribution in [3.05, 3.63) is 12.3 Å². The average Bonchev–Trinajstić information content (AvgIpc) is 2.69. The number of aliphatic hydroxyl groups is 1. The molecule has 0 aromatic rings. The summed E-state index contributed by atoms with van der Waals surface area (Å²) in [6.45, 7) is 4.85. The first-order valence-electron chi connectivity index (χ1n) is 5.56. The smallest absolute Gasteiger partial charge is 0.157 e. The highest BCUT2D eigenvalue weighted by Gasteiger charge is 2.14. The SMILES string of the molecule is C=C(O)C(N)CCCCCC1OCCO1. The second-order valence-electron chi connectivity index (χ2n) is 3.91. The largest absolute Gasteiger partial charge is 0.511 e. The van der Waals surface area contributed by atoms with E-state index >= 15 is 0 Å². The highest BCUT2D eigenvalue weighted by molar-refractivity contribution is 4.91. The Bertz CT molecular complexity index is 190. The first-order chi connectivity index (χ1) is 7.20. The topological polar surface area (TPSA) is 64.7 Å². The summed E-state index contributed by atoms with van der Waals surface area (Å²) in [5.74, 6) is 0.0810. The third-order valence-electron chi connectivity index (χ3n) is 2.57. The van der Waals surface area contributed by atoms with Crippen LogP contribution in [0.5, 0.6) is 0 Å². The van der Waals surface area contributed by atoms with Crippen molar-refractivity contribution in [2.45, 2.75) is 44.4 Å². The molecule has 88 valence electrons. The summed E-state index contributed by atoms with van der Waals surface area (Å²) in [6.07, 6.45) is 4.93. The van der Waals surface area contributed by atoms with Gasteiger partial charge in [0.05, 0.1) is 19.3 Å². The minimum atomic E-state index is -0.274. The summed E-state index contributed by atoms with van der Waals surface area (Å²) in [6, 6.07) is -0.274. The minimum Gasteiger partial charge on any atom is -0.511 e. The van der Waals surface area contributed by atoms with E-state index in [0.717, 1.165) is 45.3 Å². The highest BCUT2D eigenvalue weighted by Crippen LogP contribution is 2.14. The fraction of sp³-hybridized carbons (Fsp3) is 0.818. The molecule has 0 bridgehead atoms. The molecule has 1 heterocycles. The van der Waals surface area contributed by atoms with Crippen LogP contribution in [0.25, 0.3) is 0 Å². The zero-order valence-corrected chi connectivity index (χ0v) is 9.15. The van der Waals surface area contributed by atoms with E-state index in [4.69, 9.17) is 20.3 Å². The lowest BCUT2D eigenvalue weighted by Crippen LogP contribution is -2.21. The second kappa shape index (κ2) is 6.82. The van der Waals surface area contributed by atoms with Gasteiger partial charge in [0.25, 0.3) is 0 Å². The van der Waals surface area contributed by atoms with Gasteiger partial charge in [0.15, 0.2) is 6.29 Å². The molecule has 1 fully saturated rings. The van der Waals surface area contributed by atoms with Crippen LogP contribution in [0, 0.1) is 0 Å². The van der Waals surface area contributed by atoms with Crippen LogP contribution in [0.15, 0.2) is 12.3 Å². The predicted octanol–water partition coefficient (Wildman–Crippen LogP) is 1.71. The standard InChI is InChI=1S/C11H21NO3/c1-9(13)10(12)5-3-2-4-6-11-14-7-8-15-11/h10-11,13H,1-8,12H2. The summed E-state index contributed by atoms with van der Waals surface area (Å²) in [5, 5.41) is 8.99. The van der Waals surface area contributed by atoms with Gasteiger partial charge in [0, 0.05) is 0 Å². The number of hydrogen-bond acceptors (Lipinski definition) is 4. The minimum absolute atomic E-state index is 0.00600. The molecule has 0 saturated carbocycles. The molecule has 15 heavy (non-hydrogen) atoms.